The predicted molar refractivity (Wildman–Crippen MR) is 111 cm³/mol. The lowest BCUT2D eigenvalue weighted by atomic mass is 9.82. The number of piperidine rings is 1. The summed E-state index contributed by atoms with van der Waals surface area (Å²) < 4.78 is 42.4. The number of hydrogen-bond acceptors (Lipinski definition) is 5. The van der Waals surface area contributed by atoms with E-state index in [4.69, 9.17) is 0 Å². The van der Waals surface area contributed by atoms with Crippen molar-refractivity contribution in [2.24, 2.45) is 5.92 Å². The SMILES string of the molecule is CC(=O)N1C[C@@H]2C[C@H](C1)c1cc(-c3cc(C(F)(F)F)nc(N4CCCC4)n3)cc(=O)n1C2. The number of rotatable bonds is 2. The normalized spacial score (nSPS) is 22.8. The Morgan fingerprint density at radius 1 is 1.06 bits per heavy atom. The van der Waals surface area contributed by atoms with Gasteiger partial charge in [-0.15, -0.1) is 0 Å². The van der Waals surface area contributed by atoms with Crippen LogP contribution in [0.15, 0.2) is 23.0 Å². The number of carbonyl (C=O) groups is 1. The topological polar surface area (TPSA) is 71.3 Å². The molecule has 2 aromatic rings. The maximum absolute atomic E-state index is 13.6. The highest BCUT2D eigenvalue weighted by Crippen LogP contribution is 2.37. The molecule has 0 aromatic carbocycles. The van der Waals surface area contributed by atoms with E-state index in [0.717, 1.165) is 31.0 Å². The van der Waals surface area contributed by atoms with Gasteiger partial charge >= 0.3 is 6.18 Å². The molecule has 170 valence electrons. The Kier molecular flexibility index (Phi) is 4.98. The first-order valence-corrected chi connectivity index (χ1v) is 10.9. The summed E-state index contributed by atoms with van der Waals surface area (Å²) in [7, 11) is 0. The lowest BCUT2D eigenvalue weighted by Gasteiger charge is -2.42. The fourth-order valence-electron chi connectivity index (χ4n) is 5.15. The van der Waals surface area contributed by atoms with Crippen molar-refractivity contribution in [3.05, 3.63) is 39.9 Å². The van der Waals surface area contributed by atoms with E-state index < -0.39 is 11.9 Å². The zero-order chi connectivity index (χ0) is 22.6. The van der Waals surface area contributed by atoms with E-state index >= 15 is 0 Å². The number of alkyl halides is 3. The van der Waals surface area contributed by atoms with Crippen LogP contribution in [0.5, 0.6) is 0 Å². The summed E-state index contributed by atoms with van der Waals surface area (Å²) >= 11 is 0. The second-order valence-corrected chi connectivity index (χ2v) is 8.97. The van der Waals surface area contributed by atoms with Crippen LogP contribution in [-0.2, 0) is 17.5 Å². The molecule has 5 heterocycles. The first-order chi connectivity index (χ1) is 15.2. The van der Waals surface area contributed by atoms with Gasteiger partial charge < -0.3 is 14.4 Å². The Morgan fingerprint density at radius 2 is 1.81 bits per heavy atom. The summed E-state index contributed by atoms with van der Waals surface area (Å²) in [6, 6.07) is 4.05. The van der Waals surface area contributed by atoms with E-state index in [1.165, 1.54) is 13.0 Å². The molecule has 2 fully saturated rings. The van der Waals surface area contributed by atoms with Gasteiger partial charge in [0.2, 0.25) is 11.9 Å². The monoisotopic (exact) mass is 447 g/mol. The molecular weight excluding hydrogens is 423 g/mol. The van der Waals surface area contributed by atoms with Gasteiger partial charge in [-0.3, -0.25) is 9.59 Å². The fourth-order valence-corrected chi connectivity index (χ4v) is 5.15. The molecule has 2 bridgehead atoms. The van der Waals surface area contributed by atoms with Crippen LogP contribution in [0.1, 0.15) is 43.5 Å². The van der Waals surface area contributed by atoms with Crippen LogP contribution in [0.25, 0.3) is 11.3 Å². The Bertz CT molecular complexity index is 1120. The van der Waals surface area contributed by atoms with Crippen LogP contribution < -0.4 is 10.5 Å². The number of pyridine rings is 1. The summed E-state index contributed by atoms with van der Waals surface area (Å²) in [5.41, 5.74) is -0.0604. The first kappa shape index (κ1) is 21.0. The van der Waals surface area contributed by atoms with Crippen LogP contribution in [0, 0.1) is 5.92 Å². The zero-order valence-corrected chi connectivity index (χ0v) is 17.7. The van der Waals surface area contributed by atoms with E-state index in [-0.39, 0.29) is 34.9 Å². The van der Waals surface area contributed by atoms with Crippen molar-refractivity contribution in [1.29, 1.82) is 0 Å². The van der Waals surface area contributed by atoms with Gasteiger partial charge in [0.25, 0.3) is 5.56 Å². The van der Waals surface area contributed by atoms with Gasteiger partial charge in [-0.05, 0) is 37.3 Å². The smallest absolute Gasteiger partial charge is 0.342 e. The molecule has 5 rings (SSSR count). The highest BCUT2D eigenvalue weighted by atomic mass is 19.4. The average Bonchev–Trinajstić information content (AvgIpc) is 3.28. The molecule has 1 amide bonds. The van der Waals surface area contributed by atoms with Gasteiger partial charge in [0, 0.05) is 62.9 Å². The maximum Gasteiger partial charge on any atom is 0.433 e. The molecule has 2 saturated heterocycles. The number of anilines is 1. The molecule has 7 nitrogen and oxygen atoms in total. The van der Waals surface area contributed by atoms with E-state index in [9.17, 15) is 22.8 Å². The molecule has 10 heteroatoms. The van der Waals surface area contributed by atoms with Gasteiger partial charge in [-0.1, -0.05) is 0 Å². The third-order valence-corrected chi connectivity index (χ3v) is 6.69. The quantitative estimate of drug-likeness (QED) is 0.708. The second-order valence-electron chi connectivity index (χ2n) is 8.97. The third-order valence-electron chi connectivity index (χ3n) is 6.69. The van der Waals surface area contributed by atoms with Gasteiger partial charge in [0.05, 0.1) is 5.69 Å². The third kappa shape index (κ3) is 3.75. The zero-order valence-electron chi connectivity index (χ0n) is 17.7. The summed E-state index contributed by atoms with van der Waals surface area (Å²) in [6.07, 6.45) is -2.01. The molecule has 32 heavy (non-hydrogen) atoms. The Hall–Kier alpha value is -2.91. The van der Waals surface area contributed by atoms with Gasteiger partial charge in [-0.2, -0.15) is 13.2 Å². The summed E-state index contributed by atoms with van der Waals surface area (Å²) in [5.74, 6) is 0.213. The minimum absolute atomic E-state index is 0.00692. The van der Waals surface area contributed by atoms with E-state index in [1.54, 1.807) is 20.4 Å². The second kappa shape index (κ2) is 7.60. The minimum atomic E-state index is -4.62. The molecule has 0 N–H and O–H groups in total. The highest BCUT2D eigenvalue weighted by molar-refractivity contribution is 5.73. The Balaban J connectivity index is 1.60. The van der Waals surface area contributed by atoms with Crippen molar-refractivity contribution in [3.63, 3.8) is 0 Å². The lowest BCUT2D eigenvalue weighted by molar-refractivity contribution is -0.141. The van der Waals surface area contributed by atoms with E-state index in [1.807, 2.05) is 0 Å². The molecule has 0 radical (unpaired) electrons. The first-order valence-electron chi connectivity index (χ1n) is 10.9. The van der Waals surface area contributed by atoms with E-state index in [2.05, 4.69) is 9.97 Å². The van der Waals surface area contributed by atoms with Gasteiger partial charge in [0.1, 0.15) is 0 Å². The van der Waals surface area contributed by atoms with Crippen LogP contribution in [-0.4, -0.2) is 51.5 Å². The number of fused-ring (bicyclic) bond motifs is 4. The van der Waals surface area contributed by atoms with Crippen molar-refractivity contribution in [3.8, 4) is 11.3 Å². The Labute approximate surface area is 182 Å². The van der Waals surface area contributed by atoms with Crippen molar-refractivity contribution >= 4 is 11.9 Å². The van der Waals surface area contributed by atoms with Crippen LogP contribution in [0.3, 0.4) is 0 Å². The number of amides is 1. The van der Waals surface area contributed by atoms with Crippen LogP contribution in [0.2, 0.25) is 0 Å². The van der Waals surface area contributed by atoms with Crippen molar-refractivity contribution < 1.29 is 18.0 Å². The standard InChI is InChI=1S/C22H24F3N5O2/c1-13(31)29-10-14-6-16(12-29)18-7-15(8-20(32)30(18)11-14)17-9-19(22(23,24)25)27-21(26-17)28-4-2-3-5-28/h7-9,14,16H,2-6,10-12H2,1H3/t14-,16+/m0/s1. The molecule has 3 aliphatic heterocycles. The summed E-state index contributed by atoms with van der Waals surface area (Å²) in [5, 5.41) is 0. The molecule has 3 aliphatic rings. The largest absolute Gasteiger partial charge is 0.433 e. The predicted octanol–water partition coefficient (Wildman–Crippen LogP) is 2.89. The van der Waals surface area contributed by atoms with Crippen molar-refractivity contribution in [1.82, 2.24) is 19.4 Å². The van der Waals surface area contributed by atoms with Crippen LogP contribution >= 0.6 is 0 Å². The lowest BCUT2D eigenvalue weighted by Crippen LogP contribution is -2.48. The van der Waals surface area contributed by atoms with Crippen molar-refractivity contribution in [2.45, 2.75) is 44.8 Å². The van der Waals surface area contributed by atoms with Gasteiger partial charge in [0.15, 0.2) is 5.69 Å². The van der Waals surface area contributed by atoms with E-state index in [0.29, 0.717) is 38.3 Å². The summed E-state index contributed by atoms with van der Waals surface area (Å²) in [6.45, 7) is 4.38. The average molecular weight is 447 g/mol. The van der Waals surface area contributed by atoms with Crippen molar-refractivity contribution in [2.75, 3.05) is 31.1 Å². The van der Waals surface area contributed by atoms with Crippen LogP contribution in [0.4, 0.5) is 19.1 Å². The number of hydrogen-bond donors (Lipinski definition) is 0. The number of halogens is 3. The molecule has 2 aromatic heterocycles. The summed E-state index contributed by atoms with van der Waals surface area (Å²) in [4.78, 5) is 36.6. The highest BCUT2D eigenvalue weighted by Gasteiger charge is 2.37. The number of nitrogens with zero attached hydrogens (tertiary/aromatic N) is 5. The number of carbonyl (C=O) groups excluding carboxylic acids is 1. The molecule has 0 unspecified atom stereocenters. The molecule has 0 spiro atoms. The van der Waals surface area contributed by atoms with Gasteiger partial charge in [-0.25, -0.2) is 9.97 Å². The fraction of sp³-hybridized carbons (Fsp3) is 0.545. The molecule has 0 aliphatic carbocycles. The number of aromatic nitrogens is 3. The molecular formula is C22H24F3N5O2. The maximum atomic E-state index is 13.6. The minimum Gasteiger partial charge on any atom is -0.342 e. The molecule has 2 atom stereocenters. The molecule has 0 saturated carbocycles. The number of likely N-dealkylation sites (tertiary alicyclic amines) is 1. The Morgan fingerprint density at radius 3 is 2.50 bits per heavy atom.